The van der Waals surface area contributed by atoms with Crippen molar-refractivity contribution in [3.8, 4) is 0 Å². The zero-order valence-electron chi connectivity index (χ0n) is 14.4. The topological polar surface area (TPSA) is 70.2 Å². The molecule has 0 bridgehead atoms. The number of halogens is 1. The molecular weight excluding hydrogens is 326 g/mol. The van der Waals surface area contributed by atoms with Gasteiger partial charge < -0.3 is 16.0 Å². The Hall–Kier alpha value is -1.59. The van der Waals surface area contributed by atoms with Gasteiger partial charge in [0.05, 0.1) is 0 Å². The minimum absolute atomic E-state index is 0. The van der Waals surface area contributed by atoms with Gasteiger partial charge in [-0.3, -0.25) is 9.59 Å². The second kappa shape index (κ2) is 10.3. The van der Waals surface area contributed by atoms with Crippen LogP contribution in [0, 0.1) is 0 Å². The van der Waals surface area contributed by atoms with E-state index >= 15 is 0 Å². The largest absolute Gasteiger partial charge is 0.352 e. The van der Waals surface area contributed by atoms with Crippen molar-refractivity contribution in [1.29, 1.82) is 0 Å². The van der Waals surface area contributed by atoms with E-state index in [1.807, 2.05) is 32.0 Å². The van der Waals surface area contributed by atoms with Gasteiger partial charge in [-0.2, -0.15) is 0 Å². The predicted molar refractivity (Wildman–Crippen MR) is 98.4 cm³/mol. The molecule has 2 amide bonds. The summed E-state index contributed by atoms with van der Waals surface area (Å²) in [4.78, 5) is 24.1. The van der Waals surface area contributed by atoms with Crippen molar-refractivity contribution in [2.75, 3.05) is 6.54 Å². The fourth-order valence-electron chi connectivity index (χ4n) is 2.66. The quantitative estimate of drug-likeness (QED) is 0.705. The van der Waals surface area contributed by atoms with Crippen LogP contribution in [0.3, 0.4) is 0 Å². The summed E-state index contributed by atoms with van der Waals surface area (Å²) in [6, 6.07) is 7.88. The third-order valence-electron chi connectivity index (χ3n) is 4.26. The summed E-state index contributed by atoms with van der Waals surface area (Å²) in [5.74, 6) is -0.0125. The van der Waals surface area contributed by atoms with E-state index < -0.39 is 0 Å². The molecule has 1 heterocycles. The lowest BCUT2D eigenvalue weighted by Gasteiger charge is -2.13. The number of carbonyl (C=O) groups excluding carboxylic acids is 2. The molecule has 1 aromatic rings. The number of nitrogens with one attached hydrogen (secondary N) is 3. The third kappa shape index (κ3) is 6.49. The summed E-state index contributed by atoms with van der Waals surface area (Å²) in [6.07, 6.45) is 3.63. The molecule has 1 aliphatic rings. The Morgan fingerprint density at radius 2 is 2.17 bits per heavy atom. The van der Waals surface area contributed by atoms with E-state index in [-0.39, 0.29) is 30.3 Å². The summed E-state index contributed by atoms with van der Waals surface area (Å²) in [5.41, 5.74) is 1.57. The minimum Gasteiger partial charge on any atom is -0.352 e. The maximum absolute atomic E-state index is 12.1. The Balaban J connectivity index is 0.00000288. The summed E-state index contributed by atoms with van der Waals surface area (Å²) in [5, 5.41) is 9.20. The molecule has 2 atom stereocenters. The number of amides is 2. The van der Waals surface area contributed by atoms with Crippen molar-refractivity contribution in [1.82, 2.24) is 16.0 Å². The lowest BCUT2D eigenvalue weighted by atomic mass is 10.1. The van der Waals surface area contributed by atoms with E-state index in [4.69, 9.17) is 0 Å². The summed E-state index contributed by atoms with van der Waals surface area (Å²) in [7, 11) is 0. The second-order valence-corrected chi connectivity index (χ2v) is 6.26. The molecule has 0 aliphatic carbocycles. The van der Waals surface area contributed by atoms with Crippen LogP contribution < -0.4 is 16.0 Å². The van der Waals surface area contributed by atoms with Crippen LogP contribution in [0.4, 0.5) is 0 Å². The van der Waals surface area contributed by atoms with Gasteiger partial charge in [-0.15, -0.1) is 12.4 Å². The van der Waals surface area contributed by atoms with Gasteiger partial charge in [-0.05, 0) is 50.4 Å². The van der Waals surface area contributed by atoms with Gasteiger partial charge in [0.25, 0.3) is 5.91 Å². The van der Waals surface area contributed by atoms with E-state index in [2.05, 4.69) is 16.0 Å². The average molecular weight is 354 g/mol. The van der Waals surface area contributed by atoms with E-state index in [9.17, 15) is 9.59 Å². The van der Waals surface area contributed by atoms with Crippen LogP contribution in [0.25, 0.3) is 0 Å². The van der Waals surface area contributed by atoms with E-state index in [1.165, 1.54) is 0 Å². The monoisotopic (exact) mass is 353 g/mol. The molecule has 6 heteroatoms. The molecule has 1 aromatic carbocycles. The predicted octanol–water partition coefficient (Wildman–Crippen LogP) is 2.40. The second-order valence-electron chi connectivity index (χ2n) is 6.26. The van der Waals surface area contributed by atoms with Gasteiger partial charge in [-0.1, -0.05) is 19.1 Å². The Morgan fingerprint density at radius 3 is 2.83 bits per heavy atom. The van der Waals surface area contributed by atoms with Crippen molar-refractivity contribution >= 4 is 24.2 Å². The molecular formula is C18H28ClN3O2. The SMILES string of the molecule is CCC(C)NC(=O)c1cccc(CNC(=O)CC2CCCN2)c1.Cl. The third-order valence-corrected chi connectivity index (χ3v) is 4.26. The van der Waals surface area contributed by atoms with Gasteiger partial charge in [-0.25, -0.2) is 0 Å². The molecule has 0 saturated carbocycles. The van der Waals surface area contributed by atoms with Crippen molar-refractivity contribution in [2.24, 2.45) is 0 Å². The summed E-state index contributed by atoms with van der Waals surface area (Å²) < 4.78 is 0. The smallest absolute Gasteiger partial charge is 0.251 e. The van der Waals surface area contributed by atoms with Crippen LogP contribution in [0.15, 0.2) is 24.3 Å². The molecule has 134 valence electrons. The highest BCUT2D eigenvalue weighted by atomic mass is 35.5. The van der Waals surface area contributed by atoms with Crippen molar-refractivity contribution in [3.05, 3.63) is 35.4 Å². The van der Waals surface area contributed by atoms with E-state index in [0.29, 0.717) is 24.6 Å². The zero-order chi connectivity index (χ0) is 16.7. The Bertz CT molecular complexity index is 545. The summed E-state index contributed by atoms with van der Waals surface area (Å²) >= 11 is 0. The molecule has 1 saturated heterocycles. The van der Waals surface area contributed by atoms with Gasteiger partial charge in [0.15, 0.2) is 0 Å². The first kappa shape index (κ1) is 20.5. The number of hydrogen-bond donors (Lipinski definition) is 3. The molecule has 24 heavy (non-hydrogen) atoms. The highest BCUT2D eigenvalue weighted by molar-refractivity contribution is 5.94. The standard InChI is InChI=1S/C18H27N3O2.ClH/c1-3-13(2)21-18(23)15-7-4-6-14(10-15)12-20-17(22)11-16-8-5-9-19-16;/h4,6-7,10,13,16,19H,3,5,8-9,11-12H2,1-2H3,(H,20,22)(H,21,23);1H. The van der Waals surface area contributed by atoms with Gasteiger partial charge in [0.2, 0.25) is 5.91 Å². The fourth-order valence-corrected chi connectivity index (χ4v) is 2.66. The lowest BCUT2D eigenvalue weighted by Crippen LogP contribution is -2.32. The highest BCUT2D eigenvalue weighted by Crippen LogP contribution is 2.09. The molecule has 1 fully saturated rings. The molecule has 0 radical (unpaired) electrons. The molecule has 5 nitrogen and oxygen atoms in total. The number of carbonyl (C=O) groups is 2. The Kier molecular flexibility index (Phi) is 8.79. The van der Waals surface area contributed by atoms with Crippen molar-refractivity contribution < 1.29 is 9.59 Å². The van der Waals surface area contributed by atoms with Crippen molar-refractivity contribution in [2.45, 2.75) is 58.2 Å². The maximum Gasteiger partial charge on any atom is 0.251 e. The number of benzene rings is 1. The average Bonchev–Trinajstić information content (AvgIpc) is 3.06. The normalized spacial score (nSPS) is 17.7. The molecule has 2 rings (SSSR count). The van der Waals surface area contributed by atoms with Crippen LogP contribution >= 0.6 is 12.4 Å². The zero-order valence-corrected chi connectivity index (χ0v) is 15.2. The molecule has 3 N–H and O–H groups in total. The van der Waals surface area contributed by atoms with Gasteiger partial charge in [0.1, 0.15) is 0 Å². The van der Waals surface area contributed by atoms with Crippen LogP contribution in [0.5, 0.6) is 0 Å². The number of rotatable bonds is 7. The van der Waals surface area contributed by atoms with Gasteiger partial charge in [0, 0.05) is 30.6 Å². The van der Waals surface area contributed by atoms with Crippen LogP contribution in [-0.4, -0.2) is 30.4 Å². The summed E-state index contributed by atoms with van der Waals surface area (Å²) in [6.45, 7) is 5.48. The van der Waals surface area contributed by atoms with Crippen LogP contribution in [0.1, 0.15) is 55.5 Å². The Morgan fingerprint density at radius 1 is 1.38 bits per heavy atom. The maximum atomic E-state index is 12.1. The van der Waals surface area contributed by atoms with Crippen LogP contribution in [0.2, 0.25) is 0 Å². The van der Waals surface area contributed by atoms with Crippen molar-refractivity contribution in [3.63, 3.8) is 0 Å². The molecule has 0 aromatic heterocycles. The minimum atomic E-state index is -0.0670. The van der Waals surface area contributed by atoms with E-state index in [1.54, 1.807) is 6.07 Å². The van der Waals surface area contributed by atoms with Gasteiger partial charge >= 0.3 is 0 Å². The first-order valence-electron chi connectivity index (χ1n) is 8.48. The van der Waals surface area contributed by atoms with E-state index in [0.717, 1.165) is 31.4 Å². The fraction of sp³-hybridized carbons (Fsp3) is 0.556. The number of hydrogen-bond acceptors (Lipinski definition) is 3. The van der Waals surface area contributed by atoms with Crippen LogP contribution in [-0.2, 0) is 11.3 Å². The molecule has 0 spiro atoms. The Labute approximate surface area is 150 Å². The molecule has 1 aliphatic heterocycles. The lowest BCUT2D eigenvalue weighted by molar-refractivity contribution is -0.121. The molecule has 2 unspecified atom stereocenters. The first-order chi connectivity index (χ1) is 11.1. The highest BCUT2D eigenvalue weighted by Gasteiger charge is 2.17. The first-order valence-corrected chi connectivity index (χ1v) is 8.48.